The molecule has 0 aliphatic carbocycles. The van der Waals surface area contributed by atoms with Crippen molar-refractivity contribution in [3.63, 3.8) is 0 Å². The maximum atomic E-state index is 13.0. The number of benzene rings is 2. The Morgan fingerprint density at radius 3 is 2.42 bits per heavy atom. The highest BCUT2D eigenvalue weighted by Crippen LogP contribution is 2.20. The van der Waals surface area contributed by atoms with Crippen molar-refractivity contribution >= 4 is 5.91 Å². The molecule has 3 rings (SSSR count). The highest BCUT2D eigenvalue weighted by molar-refractivity contribution is 5.79. The van der Waals surface area contributed by atoms with Crippen LogP contribution in [0, 0.1) is 19.7 Å². The number of hydrogen-bond donors (Lipinski definition) is 1. The molecule has 0 saturated carbocycles. The lowest BCUT2D eigenvalue weighted by atomic mass is 10.1. The second-order valence-corrected chi connectivity index (χ2v) is 6.53. The second kappa shape index (κ2) is 7.52. The zero-order valence-corrected chi connectivity index (χ0v) is 15.2. The van der Waals surface area contributed by atoms with Crippen molar-refractivity contribution < 1.29 is 9.18 Å². The summed E-state index contributed by atoms with van der Waals surface area (Å²) >= 11 is 0. The molecule has 1 atom stereocenters. The third-order valence-electron chi connectivity index (χ3n) is 4.45. The maximum absolute atomic E-state index is 13.0. The van der Waals surface area contributed by atoms with Crippen LogP contribution in [0.3, 0.4) is 0 Å². The lowest BCUT2D eigenvalue weighted by Gasteiger charge is -2.14. The lowest BCUT2D eigenvalue weighted by molar-refractivity contribution is -0.121. The van der Waals surface area contributed by atoms with Gasteiger partial charge < -0.3 is 5.32 Å². The van der Waals surface area contributed by atoms with Crippen LogP contribution >= 0.6 is 0 Å². The molecular formula is C21H22FN3O. The van der Waals surface area contributed by atoms with Crippen molar-refractivity contribution in [2.45, 2.75) is 33.2 Å². The van der Waals surface area contributed by atoms with Gasteiger partial charge in [0.25, 0.3) is 0 Å². The average Bonchev–Trinajstić information content (AvgIpc) is 2.99. The number of aromatic nitrogens is 2. The number of carbonyl (C=O) groups excluding carboxylic acids is 1. The fourth-order valence-corrected chi connectivity index (χ4v) is 2.95. The van der Waals surface area contributed by atoms with Crippen LogP contribution in [-0.2, 0) is 11.2 Å². The monoisotopic (exact) mass is 351 g/mol. The van der Waals surface area contributed by atoms with Crippen LogP contribution in [0.15, 0.2) is 54.7 Å². The van der Waals surface area contributed by atoms with Gasteiger partial charge in [-0.15, -0.1) is 0 Å². The van der Waals surface area contributed by atoms with E-state index in [4.69, 9.17) is 0 Å². The molecule has 3 aromatic rings. The van der Waals surface area contributed by atoms with Crippen molar-refractivity contribution in [1.29, 1.82) is 0 Å². The first-order valence-corrected chi connectivity index (χ1v) is 8.59. The Kier molecular flexibility index (Phi) is 5.16. The summed E-state index contributed by atoms with van der Waals surface area (Å²) in [5, 5.41) is 7.45. The van der Waals surface area contributed by atoms with Crippen LogP contribution in [0.2, 0.25) is 0 Å². The lowest BCUT2D eigenvalue weighted by Crippen LogP contribution is -2.28. The molecule has 4 nitrogen and oxygen atoms in total. The van der Waals surface area contributed by atoms with Gasteiger partial charge in [-0.25, -0.2) is 9.07 Å². The molecule has 0 aliphatic heterocycles. The van der Waals surface area contributed by atoms with E-state index in [0.29, 0.717) is 0 Å². The largest absolute Gasteiger partial charge is 0.349 e. The van der Waals surface area contributed by atoms with Gasteiger partial charge in [0, 0.05) is 11.3 Å². The Morgan fingerprint density at radius 1 is 1.12 bits per heavy atom. The Labute approximate surface area is 152 Å². The molecule has 5 heteroatoms. The van der Waals surface area contributed by atoms with E-state index in [-0.39, 0.29) is 24.2 Å². The van der Waals surface area contributed by atoms with Gasteiger partial charge in [0.2, 0.25) is 5.91 Å². The number of nitrogens with zero attached hydrogens (tertiary/aromatic N) is 2. The smallest absolute Gasteiger partial charge is 0.224 e. The van der Waals surface area contributed by atoms with E-state index in [1.807, 2.05) is 49.7 Å². The van der Waals surface area contributed by atoms with Gasteiger partial charge in [-0.1, -0.05) is 29.8 Å². The summed E-state index contributed by atoms with van der Waals surface area (Å²) in [6, 6.07) is 14.0. The molecule has 0 bridgehead atoms. The van der Waals surface area contributed by atoms with Gasteiger partial charge in [0.1, 0.15) is 5.82 Å². The van der Waals surface area contributed by atoms with Crippen molar-refractivity contribution in [3.8, 4) is 5.69 Å². The number of amides is 1. The first kappa shape index (κ1) is 17.9. The average molecular weight is 351 g/mol. The predicted octanol–water partition coefficient (Wildman–Crippen LogP) is 4.05. The van der Waals surface area contributed by atoms with E-state index >= 15 is 0 Å². The van der Waals surface area contributed by atoms with E-state index < -0.39 is 0 Å². The van der Waals surface area contributed by atoms with E-state index in [1.54, 1.807) is 18.3 Å². The molecule has 0 fully saturated rings. The molecule has 26 heavy (non-hydrogen) atoms. The number of carbonyl (C=O) groups is 1. The van der Waals surface area contributed by atoms with E-state index in [2.05, 4.69) is 10.4 Å². The Hall–Kier alpha value is -2.95. The standard InChI is InChI=1S/C21H22FN3O/c1-14-4-10-19(11-5-14)25-16(3)20(13-23-25)15(2)24-21(26)12-17-6-8-18(22)9-7-17/h4-11,13,15H,12H2,1-3H3,(H,24,26). The molecule has 0 radical (unpaired) electrons. The number of halogens is 1. The fourth-order valence-electron chi connectivity index (χ4n) is 2.95. The van der Waals surface area contributed by atoms with E-state index in [0.717, 1.165) is 22.5 Å². The van der Waals surface area contributed by atoms with Gasteiger partial charge in [0.15, 0.2) is 0 Å². The summed E-state index contributed by atoms with van der Waals surface area (Å²) in [4.78, 5) is 12.3. The van der Waals surface area contributed by atoms with Crippen molar-refractivity contribution in [1.82, 2.24) is 15.1 Å². The molecule has 2 aromatic carbocycles. The maximum Gasteiger partial charge on any atom is 0.224 e. The Morgan fingerprint density at radius 2 is 1.77 bits per heavy atom. The first-order chi connectivity index (χ1) is 12.4. The number of hydrogen-bond acceptors (Lipinski definition) is 2. The molecule has 1 unspecified atom stereocenters. The molecule has 1 amide bonds. The molecule has 1 N–H and O–H groups in total. The van der Waals surface area contributed by atoms with E-state index in [9.17, 15) is 9.18 Å². The second-order valence-electron chi connectivity index (χ2n) is 6.53. The number of aryl methyl sites for hydroxylation is 1. The summed E-state index contributed by atoms with van der Waals surface area (Å²) in [5.74, 6) is -0.409. The number of rotatable bonds is 5. The Balaban J connectivity index is 1.70. The van der Waals surface area contributed by atoms with Crippen molar-refractivity contribution in [2.24, 2.45) is 0 Å². The molecule has 0 aliphatic rings. The quantitative estimate of drug-likeness (QED) is 0.754. The SMILES string of the molecule is Cc1ccc(-n2ncc(C(C)NC(=O)Cc3ccc(F)cc3)c2C)cc1. The van der Waals surface area contributed by atoms with Crippen LogP contribution < -0.4 is 5.32 Å². The highest BCUT2D eigenvalue weighted by atomic mass is 19.1. The topological polar surface area (TPSA) is 46.9 Å². The van der Waals surface area contributed by atoms with Crippen LogP contribution in [-0.4, -0.2) is 15.7 Å². The highest BCUT2D eigenvalue weighted by Gasteiger charge is 2.16. The summed E-state index contributed by atoms with van der Waals surface area (Å²) in [6.07, 6.45) is 2.01. The van der Waals surface area contributed by atoms with Gasteiger partial charge in [-0.3, -0.25) is 4.79 Å². The first-order valence-electron chi connectivity index (χ1n) is 8.59. The van der Waals surface area contributed by atoms with E-state index in [1.165, 1.54) is 17.7 Å². The summed E-state index contributed by atoms with van der Waals surface area (Å²) in [7, 11) is 0. The third kappa shape index (κ3) is 3.99. The van der Waals surface area contributed by atoms with Crippen LogP contribution in [0.4, 0.5) is 4.39 Å². The third-order valence-corrected chi connectivity index (χ3v) is 4.45. The minimum absolute atomic E-state index is 0.105. The van der Waals surface area contributed by atoms with Crippen molar-refractivity contribution in [2.75, 3.05) is 0 Å². The van der Waals surface area contributed by atoms with Gasteiger partial charge in [0.05, 0.1) is 24.3 Å². The normalized spacial score (nSPS) is 12.0. The molecule has 134 valence electrons. The Bertz CT molecular complexity index is 898. The van der Waals surface area contributed by atoms with Gasteiger partial charge >= 0.3 is 0 Å². The summed E-state index contributed by atoms with van der Waals surface area (Å²) < 4.78 is 14.8. The molecule has 0 saturated heterocycles. The van der Waals surface area contributed by atoms with Gasteiger partial charge in [-0.2, -0.15) is 5.10 Å². The summed E-state index contributed by atoms with van der Waals surface area (Å²) in [5.41, 5.74) is 4.93. The zero-order chi connectivity index (χ0) is 18.7. The molecule has 1 aromatic heterocycles. The molecule has 0 spiro atoms. The molecular weight excluding hydrogens is 329 g/mol. The van der Waals surface area contributed by atoms with Crippen LogP contribution in [0.1, 0.15) is 35.3 Å². The fraction of sp³-hybridized carbons (Fsp3) is 0.238. The minimum atomic E-state index is -0.304. The van der Waals surface area contributed by atoms with Crippen molar-refractivity contribution in [3.05, 3.63) is 82.9 Å². The molecule has 1 heterocycles. The number of nitrogens with one attached hydrogen (secondary N) is 1. The zero-order valence-electron chi connectivity index (χ0n) is 15.2. The summed E-state index contributed by atoms with van der Waals surface area (Å²) in [6.45, 7) is 5.97. The van der Waals surface area contributed by atoms with Gasteiger partial charge in [-0.05, 0) is 50.6 Å². The van der Waals surface area contributed by atoms with Crippen LogP contribution in [0.25, 0.3) is 5.69 Å². The van der Waals surface area contributed by atoms with Crippen LogP contribution in [0.5, 0.6) is 0 Å². The predicted molar refractivity (Wildman–Crippen MR) is 99.7 cm³/mol. The minimum Gasteiger partial charge on any atom is -0.349 e.